The Morgan fingerprint density at radius 3 is 2.92 bits per heavy atom. The van der Waals surface area contributed by atoms with Crippen molar-refractivity contribution in [3.05, 3.63) is 29.5 Å². The number of aryl methyl sites for hydroxylation is 2. The standard InChI is InChI=1S/C10H13N2P/c1-3-8-4-5-9-6-7(2)10(13)12(9)11-8/h4-6H,3,13H2,1-2H3. The Bertz CT molecular complexity index is 445. The Morgan fingerprint density at radius 2 is 2.23 bits per heavy atom. The molecule has 2 heterocycles. The zero-order chi connectivity index (χ0) is 9.42. The van der Waals surface area contributed by atoms with E-state index in [1.807, 2.05) is 4.52 Å². The van der Waals surface area contributed by atoms with Crippen LogP contribution in [0.5, 0.6) is 0 Å². The van der Waals surface area contributed by atoms with E-state index in [1.54, 1.807) is 0 Å². The Balaban J connectivity index is 2.75. The molecule has 0 aromatic carbocycles. The zero-order valence-corrected chi connectivity index (χ0v) is 9.07. The summed E-state index contributed by atoms with van der Waals surface area (Å²) in [6.07, 6.45) is 0.983. The van der Waals surface area contributed by atoms with Gasteiger partial charge in [0.1, 0.15) is 0 Å². The lowest BCUT2D eigenvalue weighted by atomic mass is 10.3. The molecule has 0 aliphatic carbocycles. The summed E-state index contributed by atoms with van der Waals surface area (Å²) in [5.74, 6) is 0. The third kappa shape index (κ3) is 1.36. The van der Waals surface area contributed by atoms with E-state index >= 15 is 0 Å². The number of rotatable bonds is 1. The van der Waals surface area contributed by atoms with Crippen LogP contribution in [0.4, 0.5) is 0 Å². The first kappa shape index (κ1) is 8.71. The van der Waals surface area contributed by atoms with Gasteiger partial charge in [-0.1, -0.05) is 16.2 Å². The van der Waals surface area contributed by atoms with E-state index in [2.05, 4.69) is 46.4 Å². The monoisotopic (exact) mass is 192 g/mol. The van der Waals surface area contributed by atoms with Gasteiger partial charge in [0.15, 0.2) is 0 Å². The van der Waals surface area contributed by atoms with E-state index in [1.165, 1.54) is 11.1 Å². The summed E-state index contributed by atoms with van der Waals surface area (Å²) in [5.41, 5.74) is 4.72. The normalized spacial score (nSPS) is 11.0. The van der Waals surface area contributed by atoms with E-state index in [-0.39, 0.29) is 0 Å². The van der Waals surface area contributed by atoms with Crippen molar-refractivity contribution in [3.63, 3.8) is 0 Å². The van der Waals surface area contributed by atoms with Gasteiger partial charge in [0.2, 0.25) is 0 Å². The maximum Gasteiger partial charge on any atom is 0.0657 e. The molecule has 1 atom stereocenters. The molecule has 2 aromatic heterocycles. The van der Waals surface area contributed by atoms with Crippen LogP contribution >= 0.6 is 9.24 Å². The van der Waals surface area contributed by atoms with Crippen molar-refractivity contribution in [2.75, 3.05) is 0 Å². The maximum absolute atomic E-state index is 4.51. The predicted molar refractivity (Wildman–Crippen MR) is 58.7 cm³/mol. The smallest absolute Gasteiger partial charge is 0.0657 e. The lowest BCUT2D eigenvalue weighted by Crippen LogP contribution is -2.08. The number of hydrogen-bond donors (Lipinski definition) is 0. The molecular formula is C10H13N2P. The molecule has 0 saturated carbocycles. The van der Waals surface area contributed by atoms with Crippen LogP contribution < -0.4 is 5.44 Å². The van der Waals surface area contributed by atoms with Crippen LogP contribution in [-0.2, 0) is 6.42 Å². The van der Waals surface area contributed by atoms with Gasteiger partial charge in [-0.15, -0.1) is 0 Å². The first-order valence-electron chi connectivity index (χ1n) is 4.46. The average Bonchev–Trinajstić information content (AvgIpc) is 2.43. The largest absolute Gasteiger partial charge is 0.233 e. The van der Waals surface area contributed by atoms with Crippen molar-refractivity contribution >= 4 is 20.2 Å². The van der Waals surface area contributed by atoms with E-state index in [9.17, 15) is 0 Å². The summed E-state index contributed by atoms with van der Waals surface area (Å²) in [4.78, 5) is 0. The van der Waals surface area contributed by atoms with E-state index < -0.39 is 0 Å². The number of hydrogen-bond acceptors (Lipinski definition) is 1. The number of nitrogens with zero attached hydrogens (tertiary/aromatic N) is 2. The van der Waals surface area contributed by atoms with E-state index in [4.69, 9.17) is 0 Å². The molecule has 3 heteroatoms. The van der Waals surface area contributed by atoms with Crippen LogP contribution in [0.15, 0.2) is 18.2 Å². The van der Waals surface area contributed by atoms with Crippen molar-refractivity contribution in [1.82, 2.24) is 9.61 Å². The molecule has 0 amide bonds. The molecule has 0 N–H and O–H groups in total. The molecule has 2 aromatic rings. The molecule has 2 nitrogen and oxygen atoms in total. The minimum Gasteiger partial charge on any atom is -0.233 e. The van der Waals surface area contributed by atoms with Gasteiger partial charge in [-0.3, -0.25) is 0 Å². The second-order valence-electron chi connectivity index (χ2n) is 3.23. The van der Waals surface area contributed by atoms with Gasteiger partial charge >= 0.3 is 0 Å². The van der Waals surface area contributed by atoms with Gasteiger partial charge in [-0.2, -0.15) is 5.10 Å². The Hall–Kier alpha value is -0.880. The molecule has 68 valence electrons. The van der Waals surface area contributed by atoms with Crippen molar-refractivity contribution in [1.29, 1.82) is 0 Å². The molecule has 1 unspecified atom stereocenters. The first-order chi connectivity index (χ1) is 6.22. The summed E-state index contributed by atoms with van der Waals surface area (Å²) in [6.45, 7) is 4.22. The van der Waals surface area contributed by atoms with Gasteiger partial charge in [0, 0.05) is 0 Å². The second-order valence-corrected chi connectivity index (χ2v) is 3.77. The van der Waals surface area contributed by atoms with Gasteiger partial charge in [-0.25, -0.2) is 4.52 Å². The van der Waals surface area contributed by atoms with Crippen LogP contribution in [0.25, 0.3) is 5.52 Å². The van der Waals surface area contributed by atoms with Crippen LogP contribution in [-0.4, -0.2) is 9.61 Å². The highest BCUT2D eigenvalue weighted by atomic mass is 31.0. The lowest BCUT2D eigenvalue weighted by Gasteiger charge is -1.99. The topological polar surface area (TPSA) is 17.3 Å². The van der Waals surface area contributed by atoms with Crippen LogP contribution in [0, 0.1) is 6.92 Å². The fourth-order valence-corrected chi connectivity index (χ4v) is 1.72. The Kier molecular flexibility index (Phi) is 2.09. The number of aromatic nitrogens is 2. The Morgan fingerprint density at radius 1 is 1.46 bits per heavy atom. The summed E-state index contributed by atoms with van der Waals surface area (Å²) < 4.78 is 1.98. The van der Waals surface area contributed by atoms with Gasteiger partial charge in [0.05, 0.1) is 16.6 Å². The summed E-state index contributed by atoms with van der Waals surface area (Å²) in [6, 6.07) is 6.35. The molecule has 2 rings (SSSR count). The third-order valence-electron chi connectivity index (χ3n) is 2.28. The highest BCUT2D eigenvalue weighted by Crippen LogP contribution is 2.09. The SMILES string of the molecule is CCc1ccc2cc(C)c(P)n2n1. The quantitative estimate of drug-likeness (QED) is 0.629. The minimum atomic E-state index is 0.983. The molecule has 0 bridgehead atoms. The summed E-state index contributed by atoms with van der Waals surface area (Å²) in [5, 5.41) is 4.51. The number of fused-ring (bicyclic) bond motifs is 1. The Labute approximate surface area is 80.2 Å². The van der Waals surface area contributed by atoms with Crippen LogP contribution in [0.1, 0.15) is 18.2 Å². The molecule has 0 spiro atoms. The highest BCUT2D eigenvalue weighted by molar-refractivity contribution is 7.27. The fraction of sp³-hybridized carbons (Fsp3) is 0.300. The summed E-state index contributed by atoms with van der Waals surface area (Å²) >= 11 is 0. The molecule has 0 saturated heterocycles. The fourth-order valence-electron chi connectivity index (χ4n) is 1.43. The third-order valence-corrected chi connectivity index (χ3v) is 2.98. The molecule has 0 fully saturated rings. The van der Waals surface area contributed by atoms with E-state index in [0.29, 0.717) is 0 Å². The molecule has 0 aliphatic rings. The van der Waals surface area contributed by atoms with Crippen LogP contribution in [0.2, 0.25) is 0 Å². The van der Waals surface area contributed by atoms with Crippen molar-refractivity contribution in [3.8, 4) is 0 Å². The average molecular weight is 192 g/mol. The minimum absolute atomic E-state index is 0.983. The van der Waals surface area contributed by atoms with Gasteiger partial charge in [0.25, 0.3) is 0 Å². The van der Waals surface area contributed by atoms with Gasteiger partial charge < -0.3 is 0 Å². The molecule has 13 heavy (non-hydrogen) atoms. The summed E-state index contributed by atoms with van der Waals surface area (Å²) in [7, 11) is 2.73. The predicted octanol–water partition coefficient (Wildman–Crippen LogP) is 1.71. The van der Waals surface area contributed by atoms with E-state index in [0.717, 1.165) is 17.5 Å². The molecular weight excluding hydrogens is 179 g/mol. The highest BCUT2D eigenvalue weighted by Gasteiger charge is 2.03. The van der Waals surface area contributed by atoms with Crippen molar-refractivity contribution < 1.29 is 0 Å². The first-order valence-corrected chi connectivity index (χ1v) is 5.04. The van der Waals surface area contributed by atoms with Crippen LogP contribution in [0.3, 0.4) is 0 Å². The van der Waals surface area contributed by atoms with Crippen molar-refractivity contribution in [2.45, 2.75) is 20.3 Å². The molecule has 0 radical (unpaired) electrons. The zero-order valence-electron chi connectivity index (χ0n) is 7.91. The second kappa shape index (κ2) is 3.12. The molecule has 0 aliphatic heterocycles. The maximum atomic E-state index is 4.51. The van der Waals surface area contributed by atoms with Gasteiger partial charge in [-0.05, 0) is 37.1 Å². The van der Waals surface area contributed by atoms with Crippen molar-refractivity contribution in [2.24, 2.45) is 0 Å². The lowest BCUT2D eigenvalue weighted by molar-refractivity contribution is 0.881.